The van der Waals surface area contributed by atoms with E-state index < -0.39 is 0 Å². The number of hydrogen-bond acceptors (Lipinski definition) is 5. The molecule has 0 bridgehead atoms. The first-order valence-electron chi connectivity index (χ1n) is 6.37. The second-order valence-corrected chi connectivity index (χ2v) is 5.36. The van der Waals surface area contributed by atoms with E-state index in [1.165, 1.54) is 0 Å². The van der Waals surface area contributed by atoms with Crippen LogP contribution in [-0.2, 0) is 12.3 Å². The Morgan fingerprint density at radius 3 is 2.81 bits per heavy atom. The Labute approximate surface area is 126 Å². The maximum Gasteiger partial charge on any atom is 0.191 e. The third-order valence-corrected chi connectivity index (χ3v) is 3.99. The zero-order valence-electron chi connectivity index (χ0n) is 11.1. The Morgan fingerprint density at radius 1 is 1.24 bits per heavy atom. The largest absolute Gasteiger partial charge is 0.467 e. The van der Waals surface area contributed by atoms with Gasteiger partial charge in [-0.15, -0.1) is 10.2 Å². The highest BCUT2D eigenvalue weighted by Crippen LogP contribution is 2.21. The van der Waals surface area contributed by atoms with Crippen molar-refractivity contribution in [3.63, 3.8) is 0 Å². The molecular weight excluding hydrogens is 284 g/mol. The van der Waals surface area contributed by atoms with Gasteiger partial charge >= 0.3 is 0 Å². The van der Waals surface area contributed by atoms with Crippen molar-refractivity contribution in [2.75, 3.05) is 0 Å². The molecule has 3 rings (SSSR count). The van der Waals surface area contributed by atoms with Crippen molar-refractivity contribution < 1.29 is 4.42 Å². The molecule has 6 heteroatoms. The van der Waals surface area contributed by atoms with E-state index >= 15 is 0 Å². The fourth-order valence-corrected chi connectivity index (χ4v) is 2.73. The molecular formula is C15H12N4OS. The highest BCUT2D eigenvalue weighted by atomic mass is 32.2. The van der Waals surface area contributed by atoms with Gasteiger partial charge < -0.3 is 8.98 Å². The first kappa shape index (κ1) is 13.5. The molecule has 104 valence electrons. The monoisotopic (exact) mass is 296 g/mol. The van der Waals surface area contributed by atoms with Crippen molar-refractivity contribution in [2.24, 2.45) is 0 Å². The molecule has 3 aromatic rings. The molecule has 0 fully saturated rings. The first-order valence-corrected chi connectivity index (χ1v) is 7.36. The van der Waals surface area contributed by atoms with Crippen molar-refractivity contribution in [2.45, 2.75) is 17.5 Å². The number of aromatic nitrogens is 3. The van der Waals surface area contributed by atoms with E-state index in [0.717, 1.165) is 22.2 Å². The number of nitrogens with zero attached hydrogens (tertiary/aromatic N) is 4. The second kappa shape index (κ2) is 6.29. The van der Waals surface area contributed by atoms with Gasteiger partial charge in [0.05, 0.1) is 24.4 Å². The molecule has 0 amide bonds. The SMILES string of the molecule is N#Cc1ccc(CSc2nncn2Cc2ccco2)cc1. The van der Waals surface area contributed by atoms with Crippen molar-refractivity contribution in [1.82, 2.24) is 14.8 Å². The molecule has 0 spiro atoms. The fraction of sp³-hybridized carbons (Fsp3) is 0.133. The lowest BCUT2D eigenvalue weighted by molar-refractivity contribution is 0.484. The molecule has 2 heterocycles. The van der Waals surface area contributed by atoms with E-state index in [1.54, 1.807) is 24.4 Å². The van der Waals surface area contributed by atoms with E-state index in [2.05, 4.69) is 16.3 Å². The molecule has 5 nitrogen and oxygen atoms in total. The Kier molecular flexibility index (Phi) is 4.03. The van der Waals surface area contributed by atoms with Gasteiger partial charge in [0.15, 0.2) is 5.16 Å². The molecule has 0 aliphatic carbocycles. The zero-order valence-corrected chi connectivity index (χ0v) is 12.0. The maximum atomic E-state index is 8.78. The predicted molar refractivity (Wildman–Crippen MR) is 78.6 cm³/mol. The molecule has 1 aromatic carbocycles. The highest BCUT2D eigenvalue weighted by molar-refractivity contribution is 7.98. The molecule has 0 atom stereocenters. The summed E-state index contributed by atoms with van der Waals surface area (Å²) in [6.45, 7) is 0.621. The minimum absolute atomic E-state index is 0.621. The summed E-state index contributed by atoms with van der Waals surface area (Å²) in [5, 5.41) is 17.7. The van der Waals surface area contributed by atoms with Gasteiger partial charge in [-0.3, -0.25) is 0 Å². The molecule has 0 saturated heterocycles. The van der Waals surface area contributed by atoms with Crippen LogP contribution in [-0.4, -0.2) is 14.8 Å². The van der Waals surface area contributed by atoms with Gasteiger partial charge in [0.1, 0.15) is 12.1 Å². The molecule has 0 radical (unpaired) electrons. The van der Waals surface area contributed by atoms with Crippen LogP contribution in [0.15, 0.2) is 58.6 Å². The standard InChI is InChI=1S/C15H12N4OS/c16-8-12-3-5-13(6-4-12)10-21-15-18-17-11-19(15)9-14-2-1-7-20-14/h1-7,11H,9-10H2. The van der Waals surface area contributed by atoms with Gasteiger partial charge in [-0.25, -0.2) is 0 Å². The number of hydrogen-bond donors (Lipinski definition) is 0. The zero-order chi connectivity index (χ0) is 14.5. The van der Waals surface area contributed by atoms with E-state index in [1.807, 2.05) is 41.0 Å². The summed E-state index contributed by atoms with van der Waals surface area (Å²) in [7, 11) is 0. The third-order valence-electron chi connectivity index (χ3n) is 2.94. The highest BCUT2D eigenvalue weighted by Gasteiger charge is 2.07. The third kappa shape index (κ3) is 3.33. The van der Waals surface area contributed by atoms with Gasteiger partial charge in [-0.1, -0.05) is 23.9 Å². The van der Waals surface area contributed by atoms with Crippen molar-refractivity contribution in [1.29, 1.82) is 5.26 Å². The van der Waals surface area contributed by atoms with Crippen LogP contribution in [0.2, 0.25) is 0 Å². The molecule has 0 aliphatic rings. The molecule has 21 heavy (non-hydrogen) atoms. The lowest BCUT2D eigenvalue weighted by atomic mass is 10.2. The van der Waals surface area contributed by atoms with Crippen LogP contribution in [0, 0.1) is 11.3 Å². The summed E-state index contributed by atoms with van der Waals surface area (Å²) in [6, 6.07) is 13.5. The first-order chi connectivity index (χ1) is 10.3. The average molecular weight is 296 g/mol. The van der Waals surface area contributed by atoms with E-state index in [9.17, 15) is 0 Å². The Balaban J connectivity index is 1.65. The number of rotatable bonds is 5. The molecule has 0 unspecified atom stereocenters. The van der Waals surface area contributed by atoms with Gasteiger partial charge in [0.25, 0.3) is 0 Å². The number of nitriles is 1. The summed E-state index contributed by atoms with van der Waals surface area (Å²) < 4.78 is 7.29. The summed E-state index contributed by atoms with van der Waals surface area (Å²) >= 11 is 1.61. The predicted octanol–water partition coefficient (Wildman–Crippen LogP) is 3.08. The molecule has 2 aromatic heterocycles. The van der Waals surface area contributed by atoms with Gasteiger partial charge in [-0.2, -0.15) is 5.26 Å². The lowest BCUT2D eigenvalue weighted by Crippen LogP contribution is -1.99. The van der Waals surface area contributed by atoms with Crippen LogP contribution < -0.4 is 0 Å². The normalized spacial score (nSPS) is 10.4. The van der Waals surface area contributed by atoms with Crippen molar-refractivity contribution in [3.8, 4) is 6.07 Å². The molecule has 0 saturated carbocycles. The lowest BCUT2D eigenvalue weighted by Gasteiger charge is -2.04. The van der Waals surface area contributed by atoms with E-state index in [4.69, 9.17) is 9.68 Å². The number of furan rings is 1. The Bertz CT molecular complexity index is 741. The second-order valence-electron chi connectivity index (χ2n) is 4.42. The summed E-state index contributed by atoms with van der Waals surface area (Å²) in [6.07, 6.45) is 3.35. The van der Waals surface area contributed by atoms with Crippen LogP contribution >= 0.6 is 11.8 Å². The van der Waals surface area contributed by atoms with Crippen LogP contribution in [0.3, 0.4) is 0 Å². The number of thioether (sulfide) groups is 1. The van der Waals surface area contributed by atoms with Gasteiger partial charge in [-0.05, 0) is 29.8 Å². The van der Waals surface area contributed by atoms with Crippen LogP contribution in [0.25, 0.3) is 0 Å². The smallest absolute Gasteiger partial charge is 0.191 e. The summed E-state index contributed by atoms with van der Waals surface area (Å²) in [5.41, 5.74) is 1.82. The Morgan fingerprint density at radius 2 is 2.10 bits per heavy atom. The molecule has 0 aliphatic heterocycles. The summed E-state index contributed by atoms with van der Waals surface area (Å²) in [4.78, 5) is 0. The maximum absolute atomic E-state index is 8.78. The van der Waals surface area contributed by atoms with Crippen LogP contribution in [0.4, 0.5) is 0 Å². The topological polar surface area (TPSA) is 67.6 Å². The van der Waals surface area contributed by atoms with E-state index in [-0.39, 0.29) is 0 Å². The van der Waals surface area contributed by atoms with Crippen LogP contribution in [0.1, 0.15) is 16.9 Å². The average Bonchev–Trinajstić information content (AvgIpc) is 3.18. The van der Waals surface area contributed by atoms with Crippen LogP contribution in [0.5, 0.6) is 0 Å². The number of benzene rings is 1. The quantitative estimate of drug-likeness (QED) is 0.677. The minimum Gasteiger partial charge on any atom is -0.467 e. The minimum atomic E-state index is 0.621. The fourth-order valence-electron chi connectivity index (χ4n) is 1.86. The Hall–Kier alpha value is -2.52. The molecule has 0 N–H and O–H groups in total. The van der Waals surface area contributed by atoms with Gasteiger partial charge in [0.2, 0.25) is 0 Å². The van der Waals surface area contributed by atoms with E-state index in [0.29, 0.717) is 12.1 Å². The summed E-state index contributed by atoms with van der Waals surface area (Å²) in [5.74, 6) is 1.65. The van der Waals surface area contributed by atoms with Crippen molar-refractivity contribution in [3.05, 3.63) is 65.9 Å². The van der Waals surface area contributed by atoms with Crippen molar-refractivity contribution >= 4 is 11.8 Å². The van der Waals surface area contributed by atoms with Gasteiger partial charge in [0, 0.05) is 5.75 Å².